The minimum atomic E-state index is -0.392. The fourth-order valence-electron chi connectivity index (χ4n) is 2.25. The number of aromatic nitrogens is 2. The van der Waals surface area contributed by atoms with Crippen LogP contribution in [0.5, 0.6) is 0 Å². The Bertz CT molecular complexity index is 363. The van der Waals surface area contributed by atoms with E-state index in [-0.39, 0.29) is 0 Å². The Kier molecular flexibility index (Phi) is 2.47. The van der Waals surface area contributed by atoms with Crippen LogP contribution in [-0.4, -0.2) is 40.0 Å². The molecule has 1 saturated carbocycles. The molecule has 4 nitrogen and oxygen atoms in total. The first-order valence-electron chi connectivity index (χ1n) is 5.79. The Labute approximate surface area is 93.9 Å². The zero-order chi connectivity index (χ0) is 11.0. The Morgan fingerprint density at radius 2 is 2.00 bits per heavy atom. The summed E-state index contributed by atoms with van der Waals surface area (Å²) in [5.74, 6) is 0.139. The fraction of sp³-hybridized carbons (Fsp3) is 0.636. The van der Waals surface area contributed by atoms with Gasteiger partial charge in [-0.25, -0.2) is 14.4 Å². The molecule has 0 amide bonds. The van der Waals surface area contributed by atoms with Gasteiger partial charge >= 0.3 is 0 Å². The van der Waals surface area contributed by atoms with Crippen LogP contribution in [0.15, 0.2) is 12.4 Å². The van der Waals surface area contributed by atoms with E-state index in [0.29, 0.717) is 12.0 Å². The lowest BCUT2D eigenvalue weighted by Gasteiger charge is -2.15. The van der Waals surface area contributed by atoms with Crippen molar-refractivity contribution >= 4 is 5.95 Å². The Morgan fingerprint density at radius 1 is 1.25 bits per heavy atom. The fourth-order valence-corrected chi connectivity index (χ4v) is 2.25. The molecule has 1 aromatic rings. The van der Waals surface area contributed by atoms with Crippen LogP contribution in [0.1, 0.15) is 19.3 Å². The second-order valence-electron chi connectivity index (χ2n) is 4.58. The molecule has 2 fully saturated rings. The van der Waals surface area contributed by atoms with Gasteiger partial charge in [-0.15, -0.1) is 0 Å². The van der Waals surface area contributed by atoms with Gasteiger partial charge in [-0.1, -0.05) is 0 Å². The summed E-state index contributed by atoms with van der Waals surface area (Å²) in [4.78, 5) is 10.3. The summed E-state index contributed by atoms with van der Waals surface area (Å²) in [5.41, 5.74) is 0. The van der Waals surface area contributed by atoms with Crippen molar-refractivity contribution in [2.45, 2.75) is 31.3 Å². The standard InChI is InChI=1S/C11H15FN4/c12-8-5-13-11(14-6-8)15-9-3-4-16(7-9)10-1-2-10/h5-6,9-10H,1-4,7H2,(H,13,14,15). The van der Waals surface area contributed by atoms with Gasteiger partial charge in [0.2, 0.25) is 5.95 Å². The first kappa shape index (κ1) is 9.96. The molecule has 0 bridgehead atoms. The van der Waals surface area contributed by atoms with Crippen molar-refractivity contribution in [2.24, 2.45) is 0 Å². The molecular weight excluding hydrogens is 207 g/mol. The third-order valence-electron chi connectivity index (χ3n) is 3.24. The zero-order valence-electron chi connectivity index (χ0n) is 9.06. The van der Waals surface area contributed by atoms with E-state index >= 15 is 0 Å². The van der Waals surface area contributed by atoms with Crippen molar-refractivity contribution in [2.75, 3.05) is 18.4 Å². The first-order chi connectivity index (χ1) is 7.81. The molecule has 2 aliphatic rings. The van der Waals surface area contributed by atoms with Gasteiger partial charge in [-0.3, -0.25) is 4.90 Å². The van der Waals surface area contributed by atoms with Gasteiger partial charge in [0.15, 0.2) is 5.82 Å². The monoisotopic (exact) mass is 222 g/mol. The average molecular weight is 222 g/mol. The van der Waals surface area contributed by atoms with E-state index < -0.39 is 5.82 Å². The number of hydrogen-bond donors (Lipinski definition) is 1. The molecule has 0 radical (unpaired) electrons. The molecule has 1 N–H and O–H groups in total. The predicted molar refractivity (Wildman–Crippen MR) is 58.6 cm³/mol. The minimum absolute atomic E-state index is 0.392. The highest BCUT2D eigenvalue weighted by molar-refractivity contribution is 5.25. The van der Waals surface area contributed by atoms with Gasteiger partial charge < -0.3 is 5.32 Å². The van der Waals surface area contributed by atoms with Crippen molar-refractivity contribution in [3.8, 4) is 0 Å². The summed E-state index contributed by atoms with van der Waals surface area (Å²) in [5, 5.41) is 3.25. The number of hydrogen-bond acceptors (Lipinski definition) is 4. The minimum Gasteiger partial charge on any atom is -0.350 e. The molecular formula is C11H15FN4. The number of halogens is 1. The maximum Gasteiger partial charge on any atom is 0.223 e. The molecule has 1 unspecified atom stereocenters. The van der Waals surface area contributed by atoms with Crippen LogP contribution >= 0.6 is 0 Å². The summed E-state index contributed by atoms with van der Waals surface area (Å²) < 4.78 is 12.6. The largest absolute Gasteiger partial charge is 0.350 e. The van der Waals surface area contributed by atoms with Gasteiger partial charge in [0.1, 0.15) is 0 Å². The van der Waals surface area contributed by atoms with E-state index in [9.17, 15) is 4.39 Å². The van der Waals surface area contributed by atoms with E-state index in [1.165, 1.54) is 25.2 Å². The molecule has 2 heterocycles. The maximum atomic E-state index is 12.6. The number of rotatable bonds is 3. The molecule has 86 valence electrons. The maximum absolute atomic E-state index is 12.6. The van der Waals surface area contributed by atoms with E-state index in [4.69, 9.17) is 0 Å². The number of anilines is 1. The second-order valence-corrected chi connectivity index (χ2v) is 4.58. The smallest absolute Gasteiger partial charge is 0.223 e. The molecule has 1 aliphatic heterocycles. The highest BCUT2D eigenvalue weighted by Crippen LogP contribution is 2.30. The number of nitrogens with zero attached hydrogens (tertiary/aromatic N) is 3. The number of likely N-dealkylation sites (tertiary alicyclic amines) is 1. The zero-order valence-corrected chi connectivity index (χ0v) is 9.06. The molecule has 1 aromatic heterocycles. The van der Waals surface area contributed by atoms with Crippen LogP contribution in [0.2, 0.25) is 0 Å². The van der Waals surface area contributed by atoms with Crippen molar-refractivity contribution in [1.82, 2.24) is 14.9 Å². The lowest BCUT2D eigenvalue weighted by Crippen LogP contribution is -2.28. The third-order valence-corrected chi connectivity index (χ3v) is 3.24. The van der Waals surface area contributed by atoms with Crippen LogP contribution in [0, 0.1) is 5.82 Å². The van der Waals surface area contributed by atoms with Crippen molar-refractivity contribution in [1.29, 1.82) is 0 Å². The second kappa shape index (κ2) is 3.97. The van der Waals surface area contributed by atoms with Crippen LogP contribution in [0.4, 0.5) is 10.3 Å². The molecule has 0 aromatic carbocycles. The van der Waals surface area contributed by atoms with Gasteiger partial charge in [0.25, 0.3) is 0 Å². The molecule has 5 heteroatoms. The predicted octanol–water partition coefficient (Wildman–Crippen LogP) is 1.26. The van der Waals surface area contributed by atoms with Gasteiger partial charge in [0.05, 0.1) is 12.4 Å². The summed E-state index contributed by atoms with van der Waals surface area (Å²) in [6, 6.07) is 1.23. The Morgan fingerprint density at radius 3 is 2.69 bits per heavy atom. The molecule has 1 aliphatic carbocycles. The van der Waals surface area contributed by atoms with E-state index in [1.807, 2.05) is 0 Å². The molecule has 1 saturated heterocycles. The first-order valence-corrected chi connectivity index (χ1v) is 5.79. The van der Waals surface area contributed by atoms with Gasteiger partial charge in [-0.2, -0.15) is 0 Å². The van der Waals surface area contributed by atoms with Crippen LogP contribution in [0.25, 0.3) is 0 Å². The van der Waals surface area contributed by atoms with E-state index in [0.717, 1.165) is 25.6 Å². The SMILES string of the molecule is Fc1cnc(NC2CCN(C3CC3)C2)nc1. The summed E-state index contributed by atoms with van der Waals surface area (Å²) >= 11 is 0. The van der Waals surface area contributed by atoms with Crippen LogP contribution in [0.3, 0.4) is 0 Å². The van der Waals surface area contributed by atoms with E-state index in [2.05, 4.69) is 20.2 Å². The number of nitrogens with one attached hydrogen (secondary N) is 1. The quantitative estimate of drug-likeness (QED) is 0.836. The summed E-state index contributed by atoms with van der Waals surface area (Å²) in [7, 11) is 0. The van der Waals surface area contributed by atoms with Crippen LogP contribution in [-0.2, 0) is 0 Å². The normalized spacial score (nSPS) is 25.9. The lowest BCUT2D eigenvalue weighted by molar-refractivity contribution is 0.326. The van der Waals surface area contributed by atoms with Crippen molar-refractivity contribution < 1.29 is 4.39 Å². The molecule has 0 spiro atoms. The topological polar surface area (TPSA) is 41.1 Å². The van der Waals surface area contributed by atoms with Gasteiger partial charge in [-0.05, 0) is 19.3 Å². The molecule has 16 heavy (non-hydrogen) atoms. The Balaban J connectivity index is 1.57. The average Bonchev–Trinajstić information content (AvgIpc) is 3.04. The molecule has 3 rings (SSSR count). The van der Waals surface area contributed by atoms with E-state index in [1.54, 1.807) is 0 Å². The van der Waals surface area contributed by atoms with Gasteiger partial charge in [0, 0.05) is 25.2 Å². The summed E-state index contributed by atoms with van der Waals surface area (Å²) in [6.45, 7) is 2.22. The Hall–Kier alpha value is -1.23. The highest BCUT2D eigenvalue weighted by atomic mass is 19.1. The van der Waals surface area contributed by atoms with Crippen LogP contribution < -0.4 is 5.32 Å². The van der Waals surface area contributed by atoms with Crippen molar-refractivity contribution in [3.63, 3.8) is 0 Å². The summed E-state index contributed by atoms with van der Waals surface area (Å²) in [6.07, 6.45) is 6.21. The highest BCUT2D eigenvalue weighted by Gasteiger charge is 2.34. The lowest BCUT2D eigenvalue weighted by atomic mass is 10.3. The van der Waals surface area contributed by atoms with Crippen molar-refractivity contribution in [3.05, 3.63) is 18.2 Å². The molecule has 1 atom stereocenters. The third kappa shape index (κ3) is 2.14.